The molecule has 13 nitrogen and oxygen atoms in total. The first-order valence-corrected chi connectivity index (χ1v) is 11.4. The lowest BCUT2D eigenvalue weighted by molar-refractivity contribution is -0.137. The lowest BCUT2D eigenvalue weighted by atomic mass is 9.59. The highest BCUT2D eigenvalue weighted by atomic mass is 16.6. The fourth-order valence-corrected chi connectivity index (χ4v) is 6.04. The van der Waals surface area contributed by atoms with Crippen molar-refractivity contribution in [2.24, 2.45) is 29.4 Å². The zero-order valence-corrected chi connectivity index (χ0v) is 20.8. The highest BCUT2D eigenvalue weighted by molar-refractivity contribution is 6.22. The monoisotopic (exact) mass is 515 g/mol. The van der Waals surface area contributed by atoms with Crippen LogP contribution < -0.4 is 27.3 Å². The zero-order chi connectivity index (χ0) is 27.6. The van der Waals surface area contributed by atoms with E-state index in [0.717, 1.165) is 0 Å². The molecule has 1 aromatic carbocycles. The van der Waals surface area contributed by atoms with Crippen molar-refractivity contribution in [2.45, 2.75) is 24.5 Å². The average Bonchev–Trinajstić information content (AvgIpc) is 2.82. The molecule has 0 saturated heterocycles. The molecular weight excluding hydrogens is 486 g/mol. The normalized spacial score (nSPS) is 27.0. The first-order chi connectivity index (χ1) is 17.4. The molecule has 0 saturated carbocycles. The number of aliphatic hydroxyl groups excluding tert-OH is 1. The number of hydrogen-bond donors (Lipinski definition) is 5. The maximum Gasteiger partial charge on any atom is 0.255 e. The number of benzene rings is 1. The number of carbonyl (C=O) groups is 4. The molecule has 1 amide bonds. The van der Waals surface area contributed by atoms with Gasteiger partial charge in [0.1, 0.15) is 11.3 Å². The van der Waals surface area contributed by atoms with Crippen molar-refractivity contribution in [2.75, 3.05) is 33.1 Å². The Labute approximate surface area is 212 Å². The molecule has 4 rings (SSSR count). The van der Waals surface area contributed by atoms with E-state index in [2.05, 4.69) is 0 Å². The van der Waals surface area contributed by atoms with Gasteiger partial charge in [-0.1, -0.05) is 0 Å². The van der Waals surface area contributed by atoms with Gasteiger partial charge >= 0.3 is 0 Å². The number of nitrogens with two attached hydrogens (primary N) is 3. The van der Waals surface area contributed by atoms with Gasteiger partial charge in [0.2, 0.25) is 0 Å². The SMILES string of the molecule is CN(C)c1cc(C=O)c(ON)c2c1C[C@H]1C[C@H]3C(N(C)C)C(=O)C(C(N)=O)=C(O)[C@@]3(O)C(ON)=C1C2=O. The number of ketones is 2. The van der Waals surface area contributed by atoms with E-state index >= 15 is 0 Å². The Morgan fingerprint density at radius 2 is 1.84 bits per heavy atom. The van der Waals surface area contributed by atoms with Crippen molar-refractivity contribution < 1.29 is 39.1 Å². The molecule has 4 atom stereocenters. The molecular formula is C24H29N5O8. The summed E-state index contributed by atoms with van der Waals surface area (Å²) in [5.41, 5.74) is 3.08. The van der Waals surface area contributed by atoms with E-state index in [4.69, 9.17) is 27.2 Å². The van der Waals surface area contributed by atoms with Crippen molar-refractivity contribution in [1.82, 2.24) is 4.90 Å². The van der Waals surface area contributed by atoms with E-state index in [1.807, 2.05) is 0 Å². The highest BCUT2D eigenvalue weighted by Gasteiger charge is 2.63. The molecule has 0 radical (unpaired) electrons. The first kappa shape index (κ1) is 26.3. The third-order valence-electron chi connectivity index (χ3n) is 7.53. The molecule has 0 spiro atoms. The van der Waals surface area contributed by atoms with Crippen LogP contribution in [0.15, 0.2) is 28.7 Å². The average molecular weight is 516 g/mol. The summed E-state index contributed by atoms with van der Waals surface area (Å²) in [5.74, 6) is 4.93. The molecule has 0 bridgehead atoms. The molecule has 1 aromatic rings. The molecule has 13 heteroatoms. The summed E-state index contributed by atoms with van der Waals surface area (Å²) >= 11 is 0. The standard InChI is InChI=1S/C24H29N5O8/c1-28(2)13-7-10(8-30)20(36-26)15-11(13)5-9-6-12-17(29(3)4)19(32)16(23(25)34)21(33)24(12,35)22(37-27)14(9)18(15)31/h7-9,12,17,33,35H,5-6,26-27H2,1-4H3,(H2,25,34)/t9-,12-,17?,24+/m0/s1. The largest absolute Gasteiger partial charge is 0.508 e. The van der Waals surface area contributed by atoms with Crippen molar-refractivity contribution in [1.29, 1.82) is 0 Å². The number of Topliss-reactive ketones (excluding diaryl/α,β-unsaturated/α-hetero) is 2. The lowest BCUT2D eigenvalue weighted by Crippen LogP contribution is -2.63. The highest BCUT2D eigenvalue weighted by Crippen LogP contribution is 2.54. The molecule has 0 aromatic heterocycles. The van der Waals surface area contributed by atoms with Crippen LogP contribution in [0.3, 0.4) is 0 Å². The number of anilines is 1. The maximum absolute atomic E-state index is 14.0. The van der Waals surface area contributed by atoms with Gasteiger partial charge in [0, 0.05) is 31.3 Å². The van der Waals surface area contributed by atoms with E-state index < -0.39 is 58.0 Å². The minimum absolute atomic E-state index is 0.0201. The molecule has 3 aliphatic rings. The molecule has 0 aliphatic heterocycles. The summed E-state index contributed by atoms with van der Waals surface area (Å²) in [4.78, 5) is 64.4. The second-order valence-corrected chi connectivity index (χ2v) is 9.86. The van der Waals surface area contributed by atoms with Crippen LogP contribution >= 0.6 is 0 Å². The molecule has 37 heavy (non-hydrogen) atoms. The van der Waals surface area contributed by atoms with E-state index in [-0.39, 0.29) is 35.3 Å². The van der Waals surface area contributed by atoms with Gasteiger partial charge in [-0.25, -0.2) is 0 Å². The third kappa shape index (κ3) is 3.46. The predicted octanol–water partition coefficient (Wildman–Crippen LogP) is -1.12. The Morgan fingerprint density at radius 3 is 2.32 bits per heavy atom. The lowest BCUT2D eigenvalue weighted by Gasteiger charge is -2.50. The minimum Gasteiger partial charge on any atom is -0.508 e. The summed E-state index contributed by atoms with van der Waals surface area (Å²) in [6, 6.07) is 0.455. The number of amides is 1. The van der Waals surface area contributed by atoms with Gasteiger partial charge in [0.25, 0.3) is 5.91 Å². The number of likely N-dealkylation sites (N-methyl/N-ethyl adjacent to an activating group) is 1. The summed E-state index contributed by atoms with van der Waals surface area (Å²) in [7, 11) is 6.63. The molecule has 0 heterocycles. The number of carbonyl (C=O) groups excluding carboxylic acids is 4. The Balaban J connectivity index is 2.08. The van der Waals surface area contributed by atoms with Crippen LogP contribution in [0.4, 0.5) is 5.69 Å². The number of rotatable bonds is 6. The van der Waals surface area contributed by atoms with Gasteiger partial charge in [-0.3, -0.25) is 24.1 Å². The second-order valence-electron chi connectivity index (χ2n) is 9.86. The second kappa shape index (κ2) is 8.95. The van der Waals surface area contributed by atoms with E-state index in [1.165, 1.54) is 4.90 Å². The molecule has 3 aliphatic carbocycles. The van der Waals surface area contributed by atoms with Gasteiger partial charge in [0.15, 0.2) is 35.0 Å². The van der Waals surface area contributed by atoms with Gasteiger partial charge in [-0.2, -0.15) is 11.8 Å². The van der Waals surface area contributed by atoms with E-state index in [0.29, 0.717) is 17.5 Å². The summed E-state index contributed by atoms with van der Waals surface area (Å²) in [6.07, 6.45) is 0.742. The number of aliphatic hydroxyl groups is 2. The van der Waals surface area contributed by atoms with Crippen LogP contribution in [0.5, 0.6) is 5.75 Å². The summed E-state index contributed by atoms with van der Waals surface area (Å²) in [5, 5.41) is 23.0. The maximum atomic E-state index is 14.0. The predicted molar refractivity (Wildman–Crippen MR) is 129 cm³/mol. The van der Waals surface area contributed by atoms with Crippen LogP contribution in [0.2, 0.25) is 0 Å². The molecule has 1 unspecified atom stereocenters. The number of primary amides is 1. The quantitative estimate of drug-likeness (QED) is 0.173. The summed E-state index contributed by atoms with van der Waals surface area (Å²) < 4.78 is 0. The van der Waals surface area contributed by atoms with Gasteiger partial charge in [-0.15, -0.1) is 0 Å². The smallest absolute Gasteiger partial charge is 0.255 e. The zero-order valence-electron chi connectivity index (χ0n) is 20.8. The van der Waals surface area contributed by atoms with Gasteiger partial charge < -0.3 is 30.5 Å². The molecule has 198 valence electrons. The first-order valence-electron chi connectivity index (χ1n) is 11.4. The minimum atomic E-state index is -2.52. The van der Waals surface area contributed by atoms with Gasteiger partial charge in [0.05, 0.1) is 17.2 Å². The van der Waals surface area contributed by atoms with Crippen LogP contribution in [-0.4, -0.2) is 78.7 Å². The van der Waals surface area contributed by atoms with Gasteiger partial charge in [-0.05, 0) is 44.5 Å². The van der Waals surface area contributed by atoms with Crippen molar-refractivity contribution in [3.8, 4) is 5.75 Å². The Morgan fingerprint density at radius 1 is 1.19 bits per heavy atom. The fourth-order valence-electron chi connectivity index (χ4n) is 6.04. The Bertz CT molecular complexity index is 1300. The third-order valence-corrected chi connectivity index (χ3v) is 7.53. The Kier molecular flexibility index (Phi) is 6.36. The van der Waals surface area contributed by atoms with E-state index in [9.17, 15) is 29.4 Å². The Hall–Kier alpha value is -3.78. The topological polar surface area (TPSA) is 212 Å². The van der Waals surface area contributed by atoms with Crippen LogP contribution in [-0.2, 0) is 20.8 Å². The molecule has 0 fully saturated rings. The summed E-state index contributed by atoms with van der Waals surface area (Å²) in [6.45, 7) is 0. The fraction of sp³-hybridized carbons (Fsp3) is 0.417. The van der Waals surface area contributed by atoms with Crippen LogP contribution in [0, 0.1) is 11.8 Å². The van der Waals surface area contributed by atoms with Crippen LogP contribution in [0.25, 0.3) is 0 Å². The van der Waals surface area contributed by atoms with Crippen molar-refractivity contribution in [3.05, 3.63) is 45.4 Å². The number of fused-ring (bicyclic) bond motifs is 3. The van der Waals surface area contributed by atoms with E-state index in [1.54, 1.807) is 39.2 Å². The number of allylic oxidation sites excluding steroid dienone is 1. The number of hydrogen-bond acceptors (Lipinski definition) is 12. The van der Waals surface area contributed by atoms with Crippen molar-refractivity contribution in [3.63, 3.8) is 0 Å². The van der Waals surface area contributed by atoms with Crippen molar-refractivity contribution >= 4 is 29.4 Å². The number of aldehydes is 1. The van der Waals surface area contributed by atoms with Crippen LogP contribution in [0.1, 0.15) is 32.7 Å². The number of nitrogens with zero attached hydrogens (tertiary/aromatic N) is 2. The molecule has 8 N–H and O–H groups in total.